The Bertz CT molecular complexity index is 741. The van der Waals surface area contributed by atoms with Crippen molar-refractivity contribution in [1.29, 1.82) is 0 Å². The summed E-state index contributed by atoms with van der Waals surface area (Å²) in [5.41, 5.74) is -0.261. The molecule has 0 atom stereocenters. The van der Waals surface area contributed by atoms with Gasteiger partial charge >= 0.3 is 5.97 Å². The molecule has 9 heteroatoms. The second kappa shape index (κ2) is 6.19. The summed E-state index contributed by atoms with van der Waals surface area (Å²) in [7, 11) is 0. The van der Waals surface area contributed by atoms with Crippen molar-refractivity contribution < 1.29 is 19.2 Å². The Morgan fingerprint density at radius 1 is 1.43 bits per heavy atom. The normalized spacial score (nSPS) is 10.4. The molecule has 0 radical (unpaired) electrons. The lowest BCUT2D eigenvalue weighted by Crippen LogP contribution is -1.97. The highest BCUT2D eigenvalue weighted by Gasteiger charge is 2.15. The molecule has 1 heterocycles. The van der Waals surface area contributed by atoms with E-state index in [-0.39, 0.29) is 16.1 Å². The molecule has 0 amide bonds. The average molecular weight is 373 g/mol. The number of carboxylic acid groups (broad SMARTS) is 1. The maximum absolute atomic E-state index is 13.7. The van der Waals surface area contributed by atoms with Crippen LogP contribution in [0.15, 0.2) is 44.9 Å². The van der Waals surface area contributed by atoms with Crippen LogP contribution in [0.5, 0.6) is 0 Å². The molecule has 6 nitrogen and oxygen atoms in total. The number of carboxylic acids is 1. The molecule has 108 valence electrons. The quantitative estimate of drug-likeness (QED) is 0.648. The number of carbonyl (C=O) groups is 1. The van der Waals surface area contributed by atoms with Crippen LogP contribution in [0.3, 0.4) is 0 Å². The van der Waals surface area contributed by atoms with E-state index in [1.807, 2.05) is 0 Å². The van der Waals surface area contributed by atoms with Crippen molar-refractivity contribution in [3.05, 3.63) is 56.4 Å². The van der Waals surface area contributed by atoms with Gasteiger partial charge in [0.15, 0.2) is 0 Å². The Kier molecular flexibility index (Phi) is 4.53. The van der Waals surface area contributed by atoms with E-state index in [0.29, 0.717) is 9.50 Å². The zero-order valence-electron chi connectivity index (χ0n) is 10.1. The molecule has 0 saturated heterocycles. The number of benzene rings is 1. The van der Waals surface area contributed by atoms with Crippen molar-refractivity contribution >= 4 is 39.3 Å². The maximum Gasteiger partial charge on any atom is 0.335 e. The second-order valence-corrected chi connectivity index (χ2v) is 5.68. The van der Waals surface area contributed by atoms with E-state index in [1.54, 1.807) is 0 Å². The summed E-state index contributed by atoms with van der Waals surface area (Å²) in [6.07, 6.45) is 1.05. The molecule has 0 aliphatic carbocycles. The Morgan fingerprint density at radius 3 is 2.71 bits per heavy atom. The lowest BCUT2D eigenvalue weighted by atomic mass is 10.2. The number of aromatic nitrogens is 1. The Hall–Kier alpha value is -2.00. The summed E-state index contributed by atoms with van der Waals surface area (Å²) in [5, 5.41) is 19.8. The Morgan fingerprint density at radius 2 is 2.14 bits per heavy atom. The van der Waals surface area contributed by atoms with Gasteiger partial charge in [-0.25, -0.2) is 14.2 Å². The fourth-order valence-electron chi connectivity index (χ4n) is 1.41. The van der Waals surface area contributed by atoms with E-state index >= 15 is 0 Å². The molecule has 2 aromatic rings. The van der Waals surface area contributed by atoms with Crippen LogP contribution in [-0.2, 0) is 0 Å². The highest BCUT2D eigenvalue weighted by molar-refractivity contribution is 9.10. The van der Waals surface area contributed by atoms with Gasteiger partial charge in [0.2, 0.25) is 0 Å². The molecule has 0 aliphatic rings. The smallest absolute Gasteiger partial charge is 0.335 e. The minimum atomic E-state index is -1.17. The highest BCUT2D eigenvalue weighted by Crippen LogP contribution is 2.35. The molecule has 0 spiro atoms. The van der Waals surface area contributed by atoms with Gasteiger partial charge in [0.25, 0.3) is 5.69 Å². The number of hydrogen-bond donors (Lipinski definition) is 1. The van der Waals surface area contributed by atoms with Gasteiger partial charge in [0.1, 0.15) is 17.0 Å². The number of hydrogen-bond acceptors (Lipinski definition) is 5. The third kappa shape index (κ3) is 3.56. The van der Waals surface area contributed by atoms with Crippen LogP contribution in [0.1, 0.15) is 10.4 Å². The Labute approximate surface area is 130 Å². The first-order valence-electron chi connectivity index (χ1n) is 5.39. The number of halogens is 2. The standard InChI is InChI=1S/C12H6BrFN2O4S/c13-8-4-7(16(19)20)5-15-11(8)21-10-3-6(12(17)18)1-2-9(10)14/h1-5H,(H,17,18). The zero-order valence-corrected chi connectivity index (χ0v) is 12.5. The van der Waals surface area contributed by atoms with Crippen LogP contribution in [0.4, 0.5) is 10.1 Å². The van der Waals surface area contributed by atoms with E-state index in [0.717, 1.165) is 30.1 Å². The summed E-state index contributed by atoms with van der Waals surface area (Å²) in [6.45, 7) is 0. The van der Waals surface area contributed by atoms with Crippen molar-refractivity contribution in [3.8, 4) is 0 Å². The number of aromatic carboxylic acids is 1. The lowest BCUT2D eigenvalue weighted by Gasteiger charge is -2.05. The average Bonchev–Trinajstić information content (AvgIpc) is 2.42. The molecule has 0 fully saturated rings. The van der Waals surface area contributed by atoms with Crippen LogP contribution < -0.4 is 0 Å². The fraction of sp³-hybridized carbons (Fsp3) is 0. The highest BCUT2D eigenvalue weighted by atomic mass is 79.9. The van der Waals surface area contributed by atoms with E-state index < -0.39 is 16.7 Å². The predicted octanol–water partition coefficient (Wildman–Crippen LogP) is 3.74. The van der Waals surface area contributed by atoms with Gasteiger partial charge in [-0.05, 0) is 34.1 Å². The summed E-state index contributed by atoms with van der Waals surface area (Å²) < 4.78 is 14.0. The molecule has 0 bridgehead atoms. The topological polar surface area (TPSA) is 93.3 Å². The Balaban J connectivity index is 2.36. The zero-order chi connectivity index (χ0) is 15.6. The van der Waals surface area contributed by atoms with Gasteiger partial charge in [-0.15, -0.1) is 0 Å². The number of nitrogens with zero attached hydrogens (tertiary/aromatic N) is 2. The molecule has 1 aromatic heterocycles. The van der Waals surface area contributed by atoms with E-state index in [4.69, 9.17) is 5.11 Å². The number of rotatable bonds is 4. The molecule has 2 rings (SSSR count). The molecule has 0 saturated carbocycles. The first kappa shape index (κ1) is 15.4. The second-order valence-electron chi connectivity index (χ2n) is 3.79. The monoisotopic (exact) mass is 372 g/mol. The van der Waals surface area contributed by atoms with Gasteiger partial charge in [0, 0.05) is 6.07 Å². The van der Waals surface area contributed by atoms with Crippen LogP contribution in [0.25, 0.3) is 0 Å². The van der Waals surface area contributed by atoms with Gasteiger partial charge in [-0.2, -0.15) is 0 Å². The third-order valence-electron chi connectivity index (χ3n) is 2.39. The minimum absolute atomic E-state index is 0.0584. The van der Waals surface area contributed by atoms with Crippen molar-refractivity contribution in [2.45, 2.75) is 9.92 Å². The molecule has 0 aliphatic heterocycles. The molecule has 1 N–H and O–H groups in total. The van der Waals surface area contributed by atoms with Crippen LogP contribution in [0, 0.1) is 15.9 Å². The van der Waals surface area contributed by atoms with Crippen LogP contribution in [-0.4, -0.2) is 21.0 Å². The summed E-state index contributed by atoms with van der Waals surface area (Å²) in [5.74, 6) is -1.77. The fourth-order valence-corrected chi connectivity index (χ4v) is 2.81. The summed E-state index contributed by atoms with van der Waals surface area (Å²) >= 11 is 3.99. The van der Waals surface area contributed by atoms with Gasteiger partial charge in [-0.1, -0.05) is 11.8 Å². The minimum Gasteiger partial charge on any atom is -0.478 e. The van der Waals surface area contributed by atoms with E-state index in [1.165, 1.54) is 12.1 Å². The van der Waals surface area contributed by atoms with E-state index in [9.17, 15) is 19.3 Å². The largest absolute Gasteiger partial charge is 0.478 e. The van der Waals surface area contributed by atoms with Crippen molar-refractivity contribution in [2.24, 2.45) is 0 Å². The number of nitro groups is 1. The molecular weight excluding hydrogens is 367 g/mol. The van der Waals surface area contributed by atoms with Crippen molar-refractivity contribution in [3.63, 3.8) is 0 Å². The van der Waals surface area contributed by atoms with Crippen molar-refractivity contribution in [1.82, 2.24) is 4.98 Å². The summed E-state index contributed by atoms with van der Waals surface area (Å²) in [6, 6.07) is 4.62. The van der Waals surface area contributed by atoms with Crippen LogP contribution >= 0.6 is 27.7 Å². The number of pyridine rings is 1. The maximum atomic E-state index is 13.7. The molecule has 1 aromatic carbocycles. The van der Waals surface area contributed by atoms with E-state index in [2.05, 4.69) is 20.9 Å². The molecule has 0 unspecified atom stereocenters. The van der Waals surface area contributed by atoms with Gasteiger partial charge < -0.3 is 5.11 Å². The molecular formula is C12H6BrFN2O4S. The van der Waals surface area contributed by atoms with Gasteiger partial charge in [0.05, 0.1) is 19.9 Å². The summed E-state index contributed by atoms with van der Waals surface area (Å²) in [4.78, 5) is 24.8. The first-order valence-corrected chi connectivity index (χ1v) is 7.00. The van der Waals surface area contributed by atoms with Crippen molar-refractivity contribution in [2.75, 3.05) is 0 Å². The SMILES string of the molecule is O=C(O)c1ccc(F)c(Sc2ncc([N+](=O)[O-])cc2Br)c1. The third-order valence-corrected chi connectivity index (χ3v) is 4.31. The predicted molar refractivity (Wildman–Crippen MR) is 76.1 cm³/mol. The first-order chi connectivity index (χ1) is 9.88. The molecule has 21 heavy (non-hydrogen) atoms. The van der Waals surface area contributed by atoms with Gasteiger partial charge in [-0.3, -0.25) is 10.1 Å². The lowest BCUT2D eigenvalue weighted by molar-refractivity contribution is -0.385. The van der Waals surface area contributed by atoms with Crippen LogP contribution in [0.2, 0.25) is 0 Å².